The molecule has 0 aliphatic carbocycles. The number of hydrogen-bond acceptors (Lipinski definition) is 4. The average molecular weight is 353 g/mol. The highest BCUT2D eigenvalue weighted by Gasteiger charge is 2.13. The van der Waals surface area contributed by atoms with Crippen LogP contribution >= 0.6 is 15.9 Å². The van der Waals surface area contributed by atoms with E-state index in [1.807, 2.05) is 24.3 Å². The molecule has 2 aromatic rings. The van der Waals surface area contributed by atoms with E-state index in [0.29, 0.717) is 12.3 Å². The summed E-state index contributed by atoms with van der Waals surface area (Å²) in [5, 5.41) is 9.39. The molecule has 0 saturated heterocycles. The fourth-order valence-electron chi connectivity index (χ4n) is 1.73. The number of rotatable bonds is 7. The van der Waals surface area contributed by atoms with Gasteiger partial charge in [-0.1, -0.05) is 15.9 Å². The van der Waals surface area contributed by atoms with Crippen molar-refractivity contribution < 1.29 is 9.53 Å². The number of halogens is 1. The Morgan fingerprint density at radius 2 is 2.19 bits per heavy atom. The van der Waals surface area contributed by atoms with Gasteiger partial charge in [-0.3, -0.25) is 9.89 Å². The van der Waals surface area contributed by atoms with Gasteiger partial charge in [-0.15, -0.1) is 0 Å². The lowest BCUT2D eigenvalue weighted by Crippen LogP contribution is -2.36. The summed E-state index contributed by atoms with van der Waals surface area (Å²) in [6, 6.07) is 7.38. The van der Waals surface area contributed by atoms with Gasteiger partial charge in [0.25, 0.3) is 5.91 Å². The molecule has 0 aliphatic rings. The third kappa shape index (κ3) is 5.18. The van der Waals surface area contributed by atoms with Gasteiger partial charge >= 0.3 is 0 Å². The first-order chi connectivity index (χ1) is 10.1. The first kappa shape index (κ1) is 15.5. The van der Waals surface area contributed by atoms with Crippen LogP contribution in [0.2, 0.25) is 0 Å². The van der Waals surface area contributed by atoms with Crippen LogP contribution in [0.15, 0.2) is 35.1 Å². The number of nitrogens with one attached hydrogen (secondary N) is 2. The van der Waals surface area contributed by atoms with Crippen LogP contribution in [0, 0.1) is 0 Å². The lowest BCUT2D eigenvalue weighted by molar-refractivity contribution is -0.127. The van der Waals surface area contributed by atoms with Crippen molar-refractivity contribution in [2.75, 3.05) is 6.54 Å². The third-order valence-corrected chi connectivity index (χ3v) is 3.38. The van der Waals surface area contributed by atoms with E-state index in [0.717, 1.165) is 23.1 Å². The molecule has 2 N–H and O–H groups in total. The molecule has 1 aromatic heterocycles. The van der Waals surface area contributed by atoms with Gasteiger partial charge in [-0.2, -0.15) is 5.10 Å². The molecule has 112 valence electrons. The van der Waals surface area contributed by atoms with Gasteiger partial charge in [0.2, 0.25) is 0 Å². The highest BCUT2D eigenvalue weighted by atomic mass is 79.9. The minimum Gasteiger partial charge on any atom is -0.481 e. The van der Waals surface area contributed by atoms with Crippen molar-refractivity contribution >= 4 is 21.8 Å². The molecule has 0 saturated carbocycles. The monoisotopic (exact) mass is 352 g/mol. The molecule has 2 rings (SSSR count). The first-order valence-corrected chi connectivity index (χ1v) is 7.48. The Bertz CT molecular complexity index is 557. The molecule has 1 unspecified atom stereocenters. The smallest absolute Gasteiger partial charge is 0.260 e. The zero-order valence-electron chi connectivity index (χ0n) is 11.7. The van der Waals surface area contributed by atoms with Crippen molar-refractivity contribution in [2.45, 2.75) is 25.9 Å². The van der Waals surface area contributed by atoms with Crippen LogP contribution in [0.1, 0.15) is 19.2 Å². The maximum absolute atomic E-state index is 11.9. The second-order valence-electron chi connectivity index (χ2n) is 4.54. The van der Waals surface area contributed by atoms with Gasteiger partial charge in [-0.25, -0.2) is 4.98 Å². The molecule has 1 aromatic carbocycles. The summed E-state index contributed by atoms with van der Waals surface area (Å²) in [5.74, 6) is 1.36. The summed E-state index contributed by atoms with van der Waals surface area (Å²) in [4.78, 5) is 15.9. The van der Waals surface area contributed by atoms with Crippen LogP contribution < -0.4 is 10.1 Å². The van der Waals surface area contributed by atoms with Crippen LogP contribution in [0.3, 0.4) is 0 Å². The van der Waals surface area contributed by atoms with Crippen molar-refractivity contribution in [1.82, 2.24) is 20.5 Å². The molecule has 0 aliphatic heterocycles. The molecule has 21 heavy (non-hydrogen) atoms. The third-order valence-electron chi connectivity index (χ3n) is 2.85. The highest BCUT2D eigenvalue weighted by molar-refractivity contribution is 9.10. The number of aryl methyl sites for hydroxylation is 1. The quantitative estimate of drug-likeness (QED) is 0.747. The van der Waals surface area contributed by atoms with E-state index in [-0.39, 0.29) is 5.91 Å². The normalized spacial score (nSPS) is 11.9. The van der Waals surface area contributed by atoms with Crippen molar-refractivity contribution in [3.63, 3.8) is 0 Å². The minimum absolute atomic E-state index is 0.129. The summed E-state index contributed by atoms with van der Waals surface area (Å²) in [6.45, 7) is 2.31. The zero-order valence-corrected chi connectivity index (χ0v) is 13.3. The number of hydrogen-bond donors (Lipinski definition) is 2. The average Bonchev–Trinajstić information content (AvgIpc) is 2.99. The van der Waals surface area contributed by atoms with Gasteiger partial charge < -0.3 is 10.1 Å². The van der Waals surface area contributed by atoms with Crippen LogP contribution in [-0.2, 0) is 11.2 Å². The Balaban J connectivity index is 1.68. The lowest BCUT2D eigenvalue weighted by Gasteiger charge is -2.14. The molecule has 1 atom stereocenters. The predicted molar refractivity (Wildman–Crippen MR) is 81.9 cm³/mol. The maximum atomic E-state index is 11.9. The summed E-state index contributed by atoms with van der Waals surface area (Å²) in [5.41, 5.74) is 0. The Morgan fingerprint density at radius 3 is 2.86 bits per heavy atom. The highest BCUT2D eigenvalue weighted by Crippen LogP contribution is 2.17. The topological polar surface area (TPSA) is 79.9 Å². The lowest BCUT2D eigenvalue weighted by atomic mass is 10.3. The van der Waals surface area contributed by atoms with Gasteiger partial charge in [0.1, 0.15) is 17.9 Å². The summed E-state index contributed by atoms with van der Waals surface area (Å²) in [6.07, 6.45) is 2.49. The number of carbonyl (C=O) groups excluding carboxylic acids is 1. The number of ether oxygens (including phenoxy) is 1. The number of carbonyl (C=O) groups is 1. The number of aromatic nitrogens is 3. The van der Waals surface area contributed by atoms with Crippen LogP contribution in [0.4, 0.5) is 0 Å². The number of amides is 1. The van der Waals surface area contributed by atoms with E-state index in [1.54, 1.807) is 6.92 Å². The van der Waals surface area contributed by atoms with Crippen molar-refractivity contribution in [2.24, 2.45) is 0 Å². The summed E-state index contributed by atoms with van der Waals surface area (Å²) >= 11 is 3.35. The molecule has 0 fully saturated rings. The SMILES string of the molecule is CC(Oc1ccc(Br)cc1)C(=O)NCCCc1ncn[nH]1. The van der Waals surface area contributed by atoms with Gasteiger partial charge in [-0.05, 0) is 37.6 Å². The largest absolute Gasteiger partial charge is 0.481 e. The number of aromatic amines is 1. The van der Waals surface area contributed by atoms with Crippen molar-refractivity contribution in [3.8, 4) is 5.75 Å². The minimum atomic E-state index is -0.531. The molecule has 7 heteroatoms. The number of H-pyrrole nitrogens is 1. The van der Waals surface area contributed by atoms with Crippen LogP contribution in [0.5, 0.6) is 5.75 Å². The molecule has 0 bridgehead atoms. The standard InChI is InChI=1S/C14H17BrN4O2/c1-10(21-12-6-4-11(15)5-7-12)14(20)16-8-2-3-13-17-9-18-19-13/h4-7,9-10H,2-3,8H2,1H3,(H,16,20)(H,17,18,19). The zero-order chi connectivity index (χ0) is 15.1. The van der Waals surface area contributed by atoms with E-state index in [2.05, 4.69) is 36.4 Å². The van der Waals surface area contributed by atoms with Crippen LogP contribution in [0.25, 0.3) is 0 Å². The Morgan fingerprint density at radius 1 is 1.43 bits per heavy atom. The second-order valence-corrected chi connectivity index (χ2v) is 5.46. The number of benzene rings is 1. The molecule has 1 amide bonds. The predicted octanol–water partition coefficient (Wildman–Crippen LogP) is 2.08. The first-order valence-electron chi connectivity index (χ1n) is 6.69. The summed E-state index contributed by atoms with van der Waals surface area (Å²) in [7, 11) is 0. The van der Waals surface area contributed by atoms with Crippen LogP contribution in [-0.4, -0.2) is 33.7 Å². The molecular formula is C14H17BrN4O2. The van der Waals surface area contributed by atoms with E-state index in [1.165, 1.54) is 6.33 Å². The Hall–Kier alpha value is -1.89. The fraction of sp³-hybridized carbons (Fsp3) is 0.357. The van der Waals surface area contributed by atoms with Gasteiger partial charge in [0, 0.05) is 17.4 Å². The maximum Gasteiger partial charge on any atom is 0.260 e. The molecule has 1 heterocycles. The molecular weight excluding hydrogens is 336 g/mol. The molecule has 6 nitrogen and oxygen atoms in total. The van der Waals surface area contributed by atoms with Gasteiger partial charge in [0.05, 0.1) is 0 Å². The second kappa shape index (κ2) is 7.78. The number of nitrogens with zero attached hydrogens (tertiary/aromatic N) is 2. The molecule has 0 spiro atoms. The molecule has 0 radical (unpaired) electrons. The van der Waals surface area contributed by atoms with Gasteiger partial charge in [0.15, 0.2) is 6.10 Å². The van der Waals surface area contributed by atoms with Crippen molar-refractivity contribution in [3.05, 3.63) is 40.9 Å². The van der Waals surface area contributed by atoms with E-state index in [9.17, 15) is 4.79 Å². The van der Waals surface area contributed by atoms with E-state index >= 15 is 0 Å². The fourth-order valence-corrected chi connectivity index (χ4v) is 2.00. The Kier molecular flexibility index (Phi) is 5.74. The summed E-state index contributed by atoms with van der Waals surface area (Å²) < 4.78 is 6.54. The Labute approximate surface area is 131 Å². The van der Waals surface area contributed by atoms with Crippen molar-refractivity contribution in [1.29, 1.82) is 0 Å². The van der Waals surface area contributed by atoms with E-state index < -0.39 is 6.10 Å². The van der Waals surface area contributed by atoms with E-state index in [4.69, 9.17) is 4.74 Å².